The first kappa shape index (κ1) is 42.7. The highest BCUT2D eigenvalue weighted by Crippen LogP contribution is 2.27. The monoisotopic (exact) mass is 776 g/mol. The molecule has 6 heteroatoms. The Morgan fingerprint density at radius 3 is 0.914 bits per heavy atom. The first-order valence-corrected chi connectivity index (χ1v) is 20.9. The zero-order valence-corrected chi connectivity index (χ0v) is 33.9. The molecule has 0 unspecified atom stereocenters. The van der Waals surface area contributed by atoms with E-state index in [1.165, 1.54) is 33.4 Å². The van der Waals surface area contributed by atoms with Gasteiger partial charge in [0, 0.05) is 52.5 Å². The number of hydrogen-bond donors (Lipinski definition) is 0. The van der Waals surface area contributed by atoms with Gasteiger partial charge in [-0.3, -0.25) is 9.80 Å². The summed E-state index contributed by atoms with van der Waals surface area (Å²) in [5.74, 6) is 0. The maximum atomic E-state index is 6.53. The molecule has 0 saturated heterocycles. The molecule has 6 aromatic carbocycles. The lowest BCUT2D eigenvalue weighted by molar-refractivity contribution is 0.0255. The summed E-state index contributed by atoms with van der Waals surface area (Å²) < 4.78 is 25.3. The predicted molar refractivity (Wildman–Crippen MR) is 236 cm³/mol. The van der Waals surface area contributed by atoms with Crippen LogP contribution in [-0.2, 0) is 32.0 Å². The van der Waals surface area contributed by atoms with E-state index in [1.807, 2.05) is 0 Å². The average molecular weight is 777 g/mol. The van der Waals surface area contributed by atoms with E-state index in [1.54, 1.807) is 0 Å². The normalized spacial score (nSPS) is 11.6. The first-order chi connectivity index (χ1) is 28.8. The lowest BCUT2D eigenvalue weighted by atomic mass is 10.0. The smallest absolute Gasteiger partial charge is 0.108 e. The second kappa shape index (κ2) is 25.4. The van der Waals surface area contributed by atoms with Gasteiger partial charge in [0.15, 0.2) is 0 Å². The summed E-state index contributed by atoms with van der Waals surface area (Å²) in [6.45, 7) is 9.09. The minimum Gasteiger partial charge on any atom is -0.378 e. The van der Waals surface area contributed by atoms with Crippen LogP contribution in [0, 0.1) is 0 Å². The maximum Gasteiger partial charge on any atom is 0.108 e. The molecule has 0 aliphatic rings. The molecule has 0 N–H and O–H groups in total. The Labute approximate surface area is 347 Å². The van der Waals surface area contributed by atoms with Crippen LogP contribution in [-0.4, -0.2) is 75.6 Å². The number of rotatable bonds is 27. The van der Waals surface area contributed by atoms with Crippen LogP contribution in [0.2, 0.25) is 0 Å². The van der Waals surface area contributed by atoms with Gasteiger partial charge in [-0.05, 0) is 46.2 Å². The molecule has 0 aliphatic heterocycles. The van der Waals surface area contributed by atoms with Crippen LogP contribution in [0.4, 0.5) is 0 Å². The molecule has 0 spiro atoms. The molecule has 58 heavy (non-hydrogen) atoms. The second-order valence-corrected chi connectivity index (χ2v) is 14.6. The average Bonchev–Trinajstić information content (AvgIpc) is 3.29. The van der Waals surface area contributed by atoms with Crippen molar-refractivity contribution in [2.24, 2.45) is 0 Å². The first-order valence-electron chi connectivity index (χ1n) is 20.9. The van der Waals surface area contributed by atoms with Gasteiger partial charge in [-0.25, -0.2) is 0 Å². The summed E-state index contributed by atoms with van der Waals surface area (Å²) in [6, 6.07) is 63.3. The highest BCUT2D eigenvalue weighted by molar-refractivity contribution is 5.31. The molecule has 0 heterocycles. The number of nitrogens with zero attached hydrogens (tertiary/aromatic N) is 2. The van der Waals surface area contributed by atoms with Crippen LogP contribution in [0.3, 0.4) is 0 Å². The van der Waals surface area contributed by atoms with E-state index in [-0.39, 0.29) is 12.2 Å². The Morgan fingerprint density at radius 1 is 0.310 bits per heavy atom. The van der Waals surface area contributed by atoms with E-state index in [0.29, 0.717) is 39.6 Å². The van der Waals surface area contributed by atoms with Crippen molar-refractivity contribution in [1.29, 1.82) is 0 Å². The Kier molecular flexibility index (Phi) is 18.7. The molecule has 0 radical (unpaired) electrons. The zero-order valence-electron chi connectivity index (χ0n) is 33.9. The van der Waals surface area contributed by atoms with Gasteiger partial charge >= 0.3 is 0 Å². The topological polar surface area (TPSA) is 43.4 Å². The SMILES string of the molecule is c1ccc(CN(CCCOC(c2ccccc2)c2ccccc2)CCOCCOCCN(CCCOC(c2ccccc2)c2ccccc2)Cc2ccccc2)cc1. The highest BCUT2D eigenvalue weighted by Gasteiger charge is 2.16. The van der Waals surface area contributed by atoms with Gasteiger partial charge in [0.2, 0.25) is 0 Å². The maximum absolute atomic E-state index is 6.53. The van der Waals surface area contributed by atoms with Crippen LogP contribution < -0.4 is 0 Å². The largest absolute Gasteiger partial charge is 0.378 e. The Balaban J connectivity index is 0.913. The molecule has 0 bridgehead atoms. The van der Waals surface area contributed by atoms with E-state index < -0.39 is 0 Å². The van der Waals surface area contributed by atoms with E-state index in [9.17, 15) is 0 Å². The number of ether oxygens (including phenoxy) is 4. The number of hydrogen-bond acceptors (Lipinski definition) is 6. The third-order valence-electron chi connectivity index (χ3n) is 10.2. The van der Waals surface area contributed by atoms with E-state index in [0.717, 1.165) is 52.1 Å². The molecule has 0 aliphatic carbocycles. The van der Waals surface area contributed by atoms with Crippen molar-refractivity contribution in [2.75, 3.05) is 65.8 Å². The molecule has 0 fully saturated rings. The lowest BCUT2D eigenvalue weighted by Gasteiger charge is -2.24. The minimum atomic E-state index is -0.0784. The minimum absolute atomic E-state index is 0.0784. The van der Waals surface area contributed by atoms with Crippen LogP contribution in [0.1, 0.15) is 58.4 Å². The Bertz CT molecular complexity index is 1680. The fourth-order valence-corrected chi connectivity index (χ4v) is 7.19. The van der Waals surface area contributed by atoms with Crippen molar-refractivity contribution in [3.05, 3.63) is 215 Å². The molecule has 0 amide bonds. The van der Waals surface area contributed by atoms with Gasteiger partial charge in [0.1, 0.15) is 12.2 Å². The quantitative estimate of drug-likeness (QED) is 0.0486. The van der Waals surface area contributed by atoms with Crippen LogP contribution in [0.25, 0.3) is 0 Å². The summed E-state index contributed by atoms with van der Waals surface area (Å²) in [6.07, 6.45) is 1.70. The Morgan fingerprint density at radius 2 is 0.603 bits per heavy atom. The number of benzene rings is 6. The van der Waals surface area contributed by atoms with Crippen LogP contribution >= 0.6 is 0 Å². The van der Waals surface area contributed by atoms with Gasteiger partial charge in [-0.15, -0.1) is 0 Å². The fourth-order valence-electron chi connectivity index (χ4n) is 7.19. The summed E-state index contributed by atoms with van der Waals surface area (Å²) in [4.78, 5) is 4.93. The van der Waals surface area contributed by atoms with Crippen molar-refractivity contribution >= 4 is 0 Å². The predicted octanol–water partition coefficient (Wildman–Crippen LogP) is 10.4. The lowest BCUT2D eigenvalue weighted by Crippen LogP contribution is -2.30. The van der Waals surface area contributed by atoms with Crippen LogP contribution in [0.15, 0.2) is 182 Å². The van der Waals surface area contributed by atoms with Crippen molar-refractivity contribution in [3.63, 3.8) is 0 Å². The van der Waals surface area contributed by atoms with Gasteiger partial charge < -0.3 is 18.9 Å². The zero-order chi connectivity index (χ0) is 39.7. The fraction of sp³-hybridized carbons (Fsp3) is 0.308. The summed E-state index contributed by atoms with van der Waals surface area (Å²) in [7, 11) is 0. The van der Waals surface area contributed by atoms with Gasteiger partial charge in [-0.2, -0.15) is 0 Å². The summed E-state index contributed by atoms with van der Waals surface area (Å²) in [5, 5.41) is 0. The van der Waals surface area contributed by atoms with E-state index in [4.69, 9.17) is 18.9 Å². The third-order valence-corrected chi connectivity index (χ3v) is 10.2. The second-order valence-electron chi connectivity index (χ2n) is 14.6. The van der Waals surface area contributed by atoms with E-state index >= 15 is 0 Å². The van der Waals surface area contributed by atoms with Gasteiger partial charge in [-0.1, -0.05) is 182 Å². The van der Waals surface area contributed by atoms with E-state index in [2.05, 4.69) is 192 Å². The molecule has 6 nitrogen and oxygen atoms in total. The third kappa shape index (κ3) is 15.1. The molecule has 302 valence electrons. The van der Waals surface area contributed by atoms with Crippen molar-refractivity contribution in [3.8, 4) is 0 Å². The van der Waals surface area contributed by atoms with Crippen molar-refractivity contribution in [2.45, 2.75) is 38.1 Å². The molecule has 0 atom stereocenters. The van der Waals surface area contributed by atoms with Crippen molar-refractivity contribution in [1.82, 2.24) is 9.80 Å². The molecular weight excluding hydrogens is 717 g/mol. The standard InChI is InChI=1S/C52H60N2O4/c1-7-21-45(22-8-1)43-53(33-19-37-57-51(47-25-11-3-12-26-47)48-27-13-4-14-28-48)35-39-55-41-42-56-40-36-54(44-46-23-9-2-10-24-46)34-20-38-58-52(49-29-15-5-16-30-49)50-31-17-6-18-32-50/h1-18,21-32,51-52H,19-20,33-44H2. The van der Waals surface area contributed by atoms with Crippen molar-refractivity contribution < 1.29 is 18.9 Å². The highest BCUT2D eigenvalue weighted by atomic mass is 16.5. The molecule has 0 saturated carbocycles. The summed E-state index contributed by atoms with van der Waals surface area (Å²) in [5.41, 5.74) is 7.31. The molecule has 0 aromatic heterocycles. The van der Waals surface area contributed by atoms with Crippen LogP contribution in [0.5, 0.6) is 0 Å². The van der Waals surface area contributed by atoms with Gasteiger partial charge in [0.05, 0.1) is 26.4 Å². The molecular formula is C52H60N2O4. The Hall–Kier alpha value is -4.92. The van der Waals surface area contributed by atoms with Gasteiger partial charge in [0.25, 0.3) is 0 Å². The molecule has 6 aromatic rings. The summed E-state index contributed by atoms with van der Waals surface area (Å²) >= 11 is 0. The molecule has 6 rings (SSSR count).